The summed E-state index contributed by atoms with van der Waals surface area (Å²) in [5.74, 6) is 4.32. The van der Waals surface area contributed by atoms with Crippen molar-refractivity contribution in [2.45, 2.75) is 52.9 Å². The quantitative estimate of drug-likeness (QED) is 0.719. The number of carboxylic acid groups (broad SMARTS) is 1. The third kappa shape index (κ3) is 1.32. The number of carbonyl (C=O) groups is 1. The van der Waals surface area contributed by atoms with Gasteiger partial charge in [0, 0.05) is 0 Å². The summed E-state index contributed by atoms with van der Waals surface area (Å²) in [4.78, 5) is 11.5. The molecule has 7 unspecified atom stereocenters. The van der Waals surface area contributed by atoms with Crippen molar-refractivity contribution < 1.29 is 9.90 Å². The monoisotopic (exact) mass is 250 g/mol. The number of hydrogen-bond donors (Lipinski definition) is 1. The topological polar surface area (TPSA) is 37.3 Å². The third-order valence-electron chi connectivity index (χ3n) is 6.61. The molecule has 0 aromatic carbocycles. The lowest BCUT2D eigenvalue weighted by Gasteiger charge is -2.42. The van der Waals surface area contributed by atoms with E-state index in [1.807, 2.05) is 20.8 Å². The number of carboxylic acids is 1. The normalized spacial score (nSPS) is 55.1. The van der Waals surface area contributed by atoms with Gasteiger partial charge in [0.15, 0.2) is 0 Å². The predicted molar refractivity (Wildman–Crippen MR) is 71.1 cm³/mol. The van der Waals surface area contributed by atoms with Crippen LogP contribution in [0.2, 0.25) is 0 Å². The van der Waals surface area contributed by atoms with Gasteiger partial charge in [0.25, 0.3) is 0 Å². The van der Waals surface area contributed by atoms with E-state index >= 15 is 0 Å². The molecule has 0 aliphatic heterocycles. The van der Waals surface area contributed by atoms with Gasteiger partial charge in [-0.1, -0.05) is 13.8 Å². The minimum Gasteiger partial charge on any atom is -0.481 e. The lowest BCUT2D eigenvalue weighted by molar-refractivity contribution is -0.154. The Morgan fingerprint density at radius 3 is 2.28 bits per heavy atom. The lowest BCUT2D eigenvalue weighted by atomic mass is 9.61. The van der Waals surface area contributed by atoms with Crippen LogP contribution in [-0.4, -0.2) is 11.1 Å². The Bertz CT molecular complexity index is 364. The van der Waals surface area contributed by atoms with Crippen LogP contribution in [0.3, 0.4) is 0 Å². The first-order valence-corrected chi connectivity index (χ1v) is 7.84. The number of rotatable bonds is 1. The zero-order valence-corrected chi connectivity index (χ0v) is 11.9. The van der Waals surface area contributed by atoms with Gasteiger partial charge in [-0.25, -0.2) is 0 Å². The summed E-state index contributed by atoms with van der Waals surface area (Å²) < 4.78 is 0. The van der Waals surface area contributed by atoms with Gasteiger partial charge in [0.05, 0.1) is 5.41 Å². The minimum atomic E-state index is -0.527. The van der Waals surface area contributed by atoms with Gasteiger partial charge in [-0.2, -0.15) is 0 Å². The molecule has 0 spiro atoms. The highest BCUT2D eigenvalue weighted by Gasteiger charge is 2.67. The predicted octanol–water partition coefficient (Wildman–Crippen LogP) is 3.81. The molecular weight excluding hydrogens is 224 g/mol. The zero-order chi connectivity index (χ0) is 13.1. The minimum absolute atomic E-state index is 0.379. The fourth-order valence-corrected chi connectivity index (χ4v) is 6.16. The Labute approximate surface area is 110 Å². The Kier molecular flexibility index (Phi) is 2.76. The van der Waals surface area contributed by atoms with E-state index in [2.05, 4.69) is 0 Å². The molecule has 4 bridgehead atoms. The summed E-state index contributed by atoms with van der Waals surface area (Å²) in [5, 5.41) is 9.48. The van der Waals surface area contributed by atoms with Crippen molar-refractivity contribution in [1.82, 2.24) is 0 Å². The molecule has 0 heterocycles. The summed E-state index contributed by atoms with van der Waals surface area (Å²) in [7, 11) is 0. The van der Waals surface area contributed by atoms with Crippen molar-refractivity contribution in [1.29, 1.82) is 0 Å². The smallest absolute Gasteiger partial charge is 0.309 e. The number of hydrogen-bond acceptors (Lipinski definition) is 1. The van der Waals surface area contributed by atoms with Crippen LogP contribution in [0.4, 0.5) is 0 Å². The van der Waals surface area contributed by atoms with Crippen molar-refractivity contribution >= 4 is 5.97 Å². The van der Waals surface area contributed by atoms with E-state index in [-0.39, 0.29) is 5.41 Å². The zero-order valence-electron chi connectivity index (χ0n) is 11.9. The average Bonchev–Trinajstić information content (AvgIpc) is 3.08. The lowest BCUT2D eigenvalue weighted by Crippen LogP contribution is -2.42. The summed E-state index contributed by atoms with van der Waals surface area (Å²) in [6, 6.07) is 0. The van der Waals surface area contributed by atoms with Crippen molar-refractivity contribution in [3.8, 4) is 0 Å². The van der Waals surface area contributed by atoms with E-state index in [0.29, 0.717) is 5.92 Å². The fraction of sp³-hybridized carbons (Fsp3) is 0.938. The molecule has 7 atom stereocenters. The van der Waals surface area contributed by atoms with E-state index in [1.54, 1.807) is 0 Å². The third-order valence-corrected chi connectivity index (χ3v) is 6.61. The van der Waals surface area contributed by atoms with Crippen LogP contribution in [0.25, 0.3) is 0 Å². The molecule has 0 saturated heterocycles. The maximum Gasteiger partial charge on any atom is 0.309 e. The van der Waals surface area contributed by atoms with Gasteiger partial charge in [-0.15, -0.1) is 0 Å². The Balaban J connectivity index is 0.000000478. The molecule has 0 amide bonds. The van der Waals surface area contributed by atoms with Gasteiger partial charge < -0.3 is 5.11 Å². The Hall–Kier alpha value is -0.530. The highest BCUT2D eigenvalue weighted by molar-refractivity contribution is 5.75. The second kappa shape index (κ2) is 3.98. The Morgan fingerprint density at radius 1 is 1.06 bits per heavy atom. The highest BCUT2D eigenvalue weighted by Crippen LogP contribution is 2.71. The maximum atomic E-state index is 11.5. The van der Waals surface area contributed by atoms with Crippen LogP contribution in [0.1, 0.15) is 52.9 Å². The van der Waals surface area contributed by atoms with Gasteiger partial charge >= 0.3 is 5.97 Å². The van der Waals surface area contributed by atoms with Crippen LogP contribution in [0.15, 0.2) is 0 Å². The molecule has 2 heteroatoms. The second-order valence-corrected chi connectivity index (χ2v) is 7.02. The van der Waals surface area contributed by atoms with Crippen LogP contribution < -0.4 is 0 Å². The standard InChI is InChI=1S/C14H20O2.C2H6/c1-14(13(15)16)6-9-5-10(14)12-8-3-2-7(4-8)11(9)12;1-2/h7-12H,2-6H2,1H3,(H,15,16);1-2H3. The van der Waals surface area contributed by atoms with Crippen LogP contribution in [-0.2, 0) is 4.79 Å². The number of fused-ring (bicyclic) bond motifs is 9. The van der Waals surface area contributed by atoms with Crippen molar-refractivity contribution in [2.75, 3.05) is 0 Å². The van der Waals surface area contributed by atoms with Crippen LogP contribution in [0.5, 0.6) is 0 Å². The molecule has 4 aliphatic carbocycles. The summed E-state index contributed by atoms with van der Waals surface area (Å²) >= 11 is 0. The van der Waals surface area contributed by atoms with E-state index in [4.69, 9.17) is 0 Å². The molecule has 18 heavy (non-hydrogen) atoms. The molecule has 1 N–H and O–H groups in total. The van der Waals surface area contributed by atoms with E-state index in [9.17, 15) is 9.90 Å². The number of aliphatic carboxylic acids is 1. The molecule has 4 rings (SSSR count). The molecular formula is C16H26O2. The van der Waals surface area contributed by atoms with E-state index < -0.39 is 5.97 Å². The molecule has 4 fully saturated rings. The van der Waals surface area contributed by atoms with Gasteiger partial charge in [-0.05, 0) is 74.5 Å². The first kappa shape index (κ1) is 12.5. The molecule has 0 aromatic heterocycles. The van der Waals surface area contributed by atoms with Crippen LogP contribution >= 0.6 is 0 Å². The van der Waals surface area contributed by atoms with E-state index in [1.165, 1.54) is 25.7 Å². The first-order chi connectivity index (χ1) is 8.61. The van der Waals surface area contributed by atoms with Crippen molar-refractivity contribution in [2.24, 2.45) is 40.9 Å². The molecule has 0 radical (unpaired) electrons. The molecule has 0 aromatic rings. The van der Waals surface area contributed by atoms with E-state index in [0.717, 1.165) is 36.0 Å². The fourth-order valence-electron chi connectivity index (χ4n) is 6.16. The SMILES string of the molecule is CC.CC1(C(=O)O)CC2CC1C1C3CCC(C3)C21. The molecule has 102 valence electrons. The van der Waals surface area contributed by atoms with Gasteiger partial charge in [0.2, 0.25) is 0 Å². The van der Waals surface area contributed by atoms with Crippen LogP contribution in [0, 0.1) is 40.9 Å². The highest BCUT2D eigenvalue weighted by atomic mass is 16.4. The van der Waals surface area contributed by atoms with Gasteiger partial charge in [0.1, 0.15) is 0 Å². The summed E-state index contributed by atoms with van der Waals surface area (Å²) in [5.41, 5.74) is -0.379. The van der Waals surface area contributed by atoms with Crippen molar-refractivity contribution in [3.63, 3.8) is 0 Å². The molecule has 2 nitrogen and oxygen atoms in total. The summed E-state index contributed by atoms with van der Waals surface area (Å²) in [6.45, 7) is 6.02. The van der Waals surface area contributed by atoms with Gasteiger partial charge in [-0.3, -0.25) is 4.79 Å². The maximum absolute atomic E-state index is 11.5. The molecule has 4 aliphatic rings. The van der Waals surface area contributed by atoms with Crippen molar-refractivity contribution in [3.05, 3.63) is 0 Å². The largest absolute Gasteiger partial charge is 0.481 e. The summed E-state index contributed by atoms with van der Waals surface area (Å²) in [6.07, 6.45) is 6.46. The molecule has 4 saturated carbocycles. The Morgan fingerprint density at radius 2 is 1.67 bits per heavy atom. The average molecular weight is 250 g/mol. The second-order valence-electron chi connectivity index (χ2n) is 7.02. The first-order valence-electron chi connectivity index (χ1n) is 7.84.